The molecule has 1 fully saturated rings. The average Bonchev–Trinajstić information content (AvgIpc) is 1.90. The minimum Gasteiger partial charge on any atom is -0.582 e. The first kappa shape index (κ1) is 10.9. The molecule has 0 aromatic heterocycles. The van der Waals surface area contributed by atoms with E-state index in [9.17, 15) is 0 Å². The first-order chi connectivity index (χ1) is 4.73. The van der Waals surface area contributed by atoms with Gasteiger partial charge in [-0.25, -0.2) is 0 Å². The first-order valence-electron chi connectivity index (χ1n) is 3.48. The summed E-state index contributed by atoms with van der Waals surface area (Å²) in [5.74, 6) is 0. The van der Waals surface area contributed by atoms with Crippen LogP contribution in [-0.2, 0) is 9.60 Å². The Balaban J connectivity index is 0.000000180. The van der Waals surface area contributed by atoms with E-state index in [0.29, 0.717) is 0 Å². The Labute approximate surface area is 74.3 Å². The van der Waals surface area contributed by atoms with Crippen LogP contribution in [0.2, 0.25) is 0 Å². The zero-order valence-electron chi connectivity index (χ0n) is 5.82. The van der Waals surface area contributed by atoms with Crippen molar-refractivity contribution in [2.45, 2.75) is 38.5 Å². The molecular formula is C6H12Cl2OS. The van der Waals surface area contributed by atoms with Crippen LogP contribution in [0.3, 0.4) is 0 Å². The summed E-state index contributed by atoms with van der Waals surface area (Å²) in [5, 5.41) is 0. The molecule has 0 aromatic carbocycles. The summed E-state index contributed by atoms with van der Waals surface area (Å²) >= 11 is 0. The fourth-order valence-electron chi connectivity index (χ4n) is 1.06. The van der Waals surface area contributed by atoms with Gasteiger partial charge in [0.25, 0.3) is 0 Å². The van der Waals surface area contributed by atoms with E-state index >= 15 is 0 Å². The summed E-state index contributed by atoms with van der Waals surface area (Å²) in [5.41, 5.74) is 0. The molecule has 0 spiro atoms. The number of rotatable bonds is 0. The van der Waals surface area contributed by atoms with Crippen LogP contribution in [0.25, 0.3) is 0 Å². The Kier molecular flexibility index (Phi) is 8.70. The van der Waals surface area contributed by atoms with E-state index < -0.39 is 9.60 Å². The second kappa shape index (κ2) is 7.99. The third-order valence-corrected chi connectivity index (χ3v) is 1.50. The predicted octanol–water partition coefficient (Wildman–Crippen LogP) is 3.38. The van der Waals surface area contributed by atoms with Crippen LogP contribution < -0.4 is 0 Å². The van der Waals surface area contributed by atoms with Gasteiger partial charge in [-0.05, 0) is 0 Å². The van der Waals surface area contributed by atoms with Gasteiger partial charge in [-0.2, -0.15) is 0 Å². The largest absolute Gasteiger partial charge is 0.582 e. The molecule has 0 atom stereocenters. The van der Waals surface area contributed by atoms with Crippen LogP contribution in [0, 0.1) is 0 Å². The van der Waals surface area contributed by atoms with Crippen LogP contribution in [0.1, 0.15) is 38.5 Å². The van der Waals surface area contributed by atoms with E-state index in [4.69, 9.17) is 4.55 Å². The van der Waals surface area contributed by atoms with Crippen molar-refractivity contribution in [1.82, 2.24) is 0 Å². The van der Waals surface area contributed by atoms with Crippen molar-refractivity contribution in [2.24, 2.45) is 0 Å². The lowest BCUT2D eigenvalue weighted by atomic mass is 10.0. The maximum Gasteiger partial charge on any atom is 0.198 e. The summed E-state index contributed by atoms with van der Waals surface area (Å²) in [7, 11) is 7.36. The van der Waals surface area contributed by atoms with E-state index in [1.54, 1.807) is 0 Å². The minimum atomic E-state index is -1.67. The van der Waals surface area contributed by atoms with Crippen molar-refractivity contribution >= 4 is 31.0 Å². The lowest BCUT2D eigenvalue weighted by molar-refractivity contribution is 0.504. The lowest BCUT2D eigenvalue weighted by Crippen LogP contribution is -1.85. The molecule has 1 aliphatic carbocycles. The van der Waals surface area contributed by atoms with E-state index in [2.05, 4.69) is 21.4 Å². The standard InChI is InChI=1S/C6H12.Cl2OS/c1-2-4-6-5-3-1;1-4(2)3/h1-6H2;. The van der Waals surface area contributed by atoms with Gasteiger partial charge in [0.05, 0.1) is 0 Å². The van der Waals surface area contributed by atoms with Crippen LogP contribution in [0.5, 0.6) is 0 Å². The van der Waals surface area contributed by atoms with Crippen molar-refractivity contribution in [3.05, 3.63) is 0 Å². The fourth-order valence-corrected chi connectivity index (χ4v) is 1.06. The second-order valence-corrected chi connectivity index (χ2v) is 4.83. The third-order valence-electron chi connectivity index (χ3n) is 1.50. The fraction of sp³-hybridized carbons (Fsp3) is 1.00. The Morgan fingerprint density at radius 3 is 1.00 bits per heavy atom. The maximum absolute atomic E-state index is 9.09. The van der Waals surface area contributed by atoms with Crippen molar-refractivity contribution < 1.29 is 4.55 Å². The summed E-state index contributed by atoms with van der Waals surface area (Å²) < 4.78 is 9.09. The van der Waals surface area contributed by atoms with E-state index in [-0.39, 0.29) is 0 Å². The molecule has 0 N–H and O–H groups in total. The van der Waals surface area contributed by atoms with Crippen molar-refractivity contribution in [3.8, 4) is 0 Å². The first-order valence-corrected chi connectivity index (χ1v) is 6.28. The Hall–Kier alpha value is 0.890. The highest BCUT2D eigenvalue weighted by molar-refractivity contribution is 8.31. The molecule has 0 bridgehead atoms. The van der Waals surface area contributed by atoms with Crippen LogP contribution in [-0.4, -0.2) is 4.55 Å². The molecule has 0 aliphatic heterocycles. The smallest absolute Gasteiger partial charge is 0.198 e. The number of halogens is 2. The molecule has 0 aromatic rings. The van der Waals surface area contributed by atoms with E-state index in [1.165, 1.54) is 38.5 Å². The monoisotopic (exact) mass is 202 g/mol. The zero-order chi connectivity index (χ0) is 7.82. The van der Waals surface area contributed by atoms with Gasteiger partial charge in [-0.1, -0.05) is 38.5 Å². The number of hydrogen-bond donors (Lipinski definition) is 0. The van der Waals surface area contributed by atoms with E-state index in [1.807, 2.05) is 0 Å². The molecular weight excluding hydrogens is 191 g/mol. The highest BCUT2D eigenvalue weighted by Gasteiger charge is 1.95. The molecule has 0 amide bonds. The van der Waals surface area contributed by atoms with Crippen LogP contribution in [0.4, 0.5) is 0 Å². The lowest BCUT2D eigenvalue weighted by Gasteiger charge is -2.05. The Morgan fingerprint density at radius 2 is 0.900 bits per heavy atom. The van der Waals surface area contributed by atoms with Crippen LogP contribution >= 0.6 is 21.4 Å². The van der Waals surface area contributed by atoms with Crippen molar-refractivity contribution in [2.75, 3.05) is 0 Å². The Morgan fingerprint density at radius 1 is 0.800 bits per heavy atom. The molecule has 10 heavy (non-hydrogen) atoms. The SMILES string of the molecule is C1CCCCC1.[O-][S+](Cl)Cl. The summed E-state index contributed by atoms with van der Waals surface area (Å²) in [4.78, 5) is 0. The molecule has 0 unspecified atom stereocenters. The van der Waals surface area contributed by atoms with Crippen LogP contribution in [0.15, 0.2) is 0 Å². The normalized spacial score (nSPS) is 18.0. The molecule has 1 rings (SSSR count). The quantitative estimate of drug-likeness (QED) is 0.553. The van der Waals surface area contributed by atoms with Gasteiger partial charge in [-0.15, -0.1) is 0 Å². The molecule has 0 radical (unpaired) electrons. The highest BCUT2D eigenvalue weighted by atomic mass is 36.0. The average molecular weight is 203 g/mol. The van der Waals surface area contributed by atoms with Gasteiger partial charge in [0.15, 0.2) is 31.0 Å². The summed E-state index contributed by atoms with van der Waals surface area (Å²) in [6.45, 7) is 0. The highest BCUT2D eigenvalue weighted by Crippen LogP contribution is 2.15. The predicted molar refractivity (Wildman–Crippen MR) is 47.6 cm³/mol. The molecule has 1 aliphatic rings. The second-order valence-electron chi connectivity index (χ2n) is 2.31. The van der Waals surface area contributed by atoms with Gasteiger partial charge in [0.2, 0.25) is 0 Å². The molecule has 4 heteroatoms. The number of hydrogen-bond acceptors (Lipinski definition) is 1. The summed E-state index contributed by atoms with van der Waals surface area (Å²) in [6, 6.07) is 0. The van der Waals surface area contributed by atoms with E-state index in [0.717, 1.165) is 0 Å². The van der Waals surface area contributed by atoms with Gasteiger partial charge in [0.1, 0.15) is 0 Å². The molecule has 0 heterocycles. The van der Waals surface area contributed by atoms with Gasteiger partial charge in [-0.3, -0.25) is 0 Å². The Bertz CT molecular complexity index is 52.5. The maximum atomic E-state index is 9.09. The minimum absolute atomic E-state index is 1.50. The van der Waals surface area contributed by atoms with Gasteiger partial charge in [0, 0.05) is 0 Å². The van der Waals surface area contributed by atoms with Crippen molar-refractivity contribution in [1.29, 1.82) is 0 Å². The zero-order valence-corrected chi connectivity index (χ0v) is 8.14. The topological polar surface area (TPSA) is 23.1 Å². The molecule has 1 nitrogen and oxygen atoms in total. The summed E-state index contributed by atoms with van der Waals surface area (Å²) in [6.07, 6.45) is 9.00. The van der Waals surface area contributed by atoms with Crippen molar-refractivity contribution in [3.63, 3.8) is 0 Å². The van der Waals surface area contributed by atoms with Gasteiger partial charge < -0.3 is 4.55 Å². The third kappa shape index (κ3) is 11.7. The molecule has 1 saturated carbocycles. The van der Waals surface area contributed by atoms with Gasteiger partial charge >= 0.3 is 0 Å². The molecule has 62 valence electrons. The molecule has 0 saturated heterocycles.